The molecule has 1 aromatic carbocycles. The van der Waals surface area contributed by atoms with Gasteiger partial charge in [0.1, 0.15) is 17.1 Å². The fourth-order valence-corrected chi connectivity index (χ4v) is 4.70. The third-order valence-corrected chi connectivity index (χ3v) is 6.58. The topological polar surface area (TPSA) is 78.4 Å². The number of pyridine rings is 1. The number of fused-ring (bicyclic) bond motifs is 1. The fraction of sp³-hybridized carbons (Fsp3) is 0.423. The molecule has 0 N–H and O–H groups in total. The quantitative estimate of drug-likeness (QED) is 0.378. The molecule has 3 aromatic heterocycles. The van der Waals surface area contributed by atoms with E-state index in [1.54, 1.807) is 6.07 Å². The van der Waals surface area contributed by atoms with Crippen molar-refractivity contribution >= 4 is 11.2 Å². The van der Waals surface area contributed by atoms with Gasteiger partial charge in [0.05, 0.1) is 26.0 Å². The molecule has 0 bridgehead atoms. The summed E-state index contributed by atoms with van der Waals surface area (Å²) in [7, 11) is 1.47. The molecule has 0 aliphatic carbocycles. The number of morpholine rings is 1. The van der Waals surface area contributed by atoms with Gasteiger partial charge in [-0.2, -0.15) is 0 Å². The van der Waals surface area contributed by atoms with Gasteiger partial charge >= 0.3 is 0 Å². The molecule has 9 heteroatoms. The number of aromatic nitrogens is 4. The van der Waals surface area contributed by atoms with E-state index in [9.17, 15) is 4.39 Å². The molecule has 4 heterocycles. The van der Waals surface area contributed by atoms with Crippen LogP contribution in [0.3, 0.4) is 0 Å². The van der Waals surface area contributed by atoms with E-state index in [-0.39, 0.29) is 11.6 Å². The Morgan fingerprint density at radius 1 is 1.09 bits per heavy atom. The van der Waals surface area contributed by atoms with Crippen LogP contribution in [-0.4, -0.2) is 64.5 Å². The maximum atomic E-state index is 14.2. The predicted molar refractivity (Wildman–Crippen MR) is 130 cm³/mol. The predicted octanol–water partition coefficient (Wildman–Crippen LogP) is 3.97. The van der Waals surface area contributed by atoms with Crippen LogP contribution in [0.4, 0.5) is 4.39 Å². The number of methoxy groups -OCH3 is 1. The molecule has 35 heavy (non-hydrogen) atoms. The van der Waals surface area contributed by atoms with Gasteiger partial charge in [0, 0.05) is 49.9 Å². The Bertz CT molecular complexity index is 1310. The fourth-order valence-electron chi connectivity index (χ4n) is 4.70. The summed E-state index contributed by atoms with van der Waals surface area (Å²) in [6, 6.07) is 7.16. The number of nitrogens with zero attached hydrogens (tertiary/aromatic N) is 5. The first-order valence-electron chi connectivity index (χ1n) is 11.9. The van der Waals surface area contributed by atoms with Crippen molar-refractivity contribution in [2.45, 2.75) is 33.2 Å². The molecule has 8 nitrogen and oxygen atoms in total. The Balaban J connectivity index is 1.45. The SMILES string of the molecule is COc1ccc(CCc2nc3cc(-c4c(C)noc4C)cnc3n2CCN2CCOCC2)cc1F. The van der Waals surface area contributed by atoms with Crippen LogP contribution >= 0.6 is 0 Å². The van der Waals surface area contributed by atoms with E-state index in [0.717, 1.165) is 84.5 Å². The number of halogens is 1. The van der Waals surface area contributed by atoms with Gasteiger partial charge in [0.2, 0.25) is 0 Å². The molecule has 1 fully saturated rings. The van der Waals surface area contributed by atoms with Gasteiger partial charge in [0.15, 0.2) is 17.2 Å². The van der Waals surface area contributed by atoms with Crippen LogP contribution in [-0.2, 0) is 24.1 Å². The van der Waals surface area contributed by atoms with Crippen LogP contribution in [0.15, 0.2) is 35.0 Å². The van der Waals surface area contributed by atoms with Crippen molar-refractivity contribution in [1.29, 1.82) is 0 Å². The van der Waals surface area contributed by atoms with Crippen molar-refractivity contribution in [2.24, 2.45) is 0 Å². The van der Waals surface area contributed by atoms with Crippen LogP contribution < -0.4 is 4.74 Å². The Kier molecular flexibility index (Phi) is 6.79. The van der Waals surface area contributed by atoms with Crippen molar-refractivity contribution in [3.05, 3.63) is 59.1 Å². The van der Waals surface area contributed by atoms with Crippen molar-refractivity contribution in [2.75, 3.05) is 40.0 Å². The molecule has 0 atom stereocenters. The molecule has 184 valence electrons. The molecule has 0 saturated carbocycles. The summed E-state index contributed by atoms with van der Waals surface area (Å²) in [4.78, 5) is 12.2. The second kappa shape index (κ2) is 10.1. The Labute approximate surface area is 203 Å². The van der Waals surface area contributed by atoms with Crippen LogP contribution in [0.2, 0.25) is 0 Å². The number of imidazole rings is 1. The van der Waals surface area contributed by atoms with Gasteiger partial charge in [-0.25, -0.2) is 14.4 Å². The average molecular weight is 480 g/mol. The standard InChI is InChI=1S/C26H30FN5O3/c1-17-25(18(2)35-30-17)20-15-22-26(28-16-20)32(9-8-31-10-12-34-13-11-31)24(29-22)7-5-19-4-6-23(33-3)21(27)14-19/h4,6,14-16H,5,7-13H2,1-3H3. The first-order valence-corrected chi connectivity index (χ1v) is 11.9. The maximum absolute atomic E-state index is 14.2. The van der Waals surface area contributed by atoms with Crippen LogP contribution in [0.25, 0.3) is 22.3 Å². The zero-order valence-corrected chi connectivity index (χ0v) is 20.4. The van der Waals surface area contributed by atoms with Gasteiger partial charge in [-0.05, 0) is 44.0 Å². The van der Waals surface area contributed by atoms with Gasteiger partial charge in [-0.15, -0.1) is 0 Å². The van der Waals surface area contributed by atoms with E-state index >= 15 is 0 Å². The lowest BCUT2D eigenvalue weighted by Crippen LogP contribution is -2.38. The number of benzene rings is 1. The lowest BCUT2D eigenvalue weighted by molar-refractivity contribution is 0.0364. The van der Waals surface area contributed by atoms with Crippen molar-refractivity contribution in [1.82, 2.24) is 24.6 Å². The molecule has 0 radical (unpaired) electrons. The highest BCUT2D eigenvalue weighted by molar-refractivity contribution is 5.80. The first kappa shape index (κ1) is 23.4. The lowest BCUT2D eigenvalue weighted by Gasteiger charge is -2.26. The normalized spacial score (nSPS) is 14.6. The van der Waals surface area contributed by atoms with Crippen LogP contribution in [0.1, 0.15) is 22.8 Å². The van der Waals surface area contributed by atoms with E-state index in [0.29, 0.717) is 12.8 Å². The summed E-state index contributed by atoms with van der Waals surface area (Å²) >= 11 is 0. The minimum absolute atomic E-state index is 0.252. The van der Waals surface area contributed by atoms with Gasteiger partial charge in [-0.3, -0.25) is 4.90 Å². The van der Waals surface area contributed by atoms with Gasteiger partial charge in [-0.1, -0.05) is 11.2 Å². The maximum Gasteiger partial charge on any atom is 0.165 e. The Morgan fingerprint density at radius 3 is 2.63 bits per heavy atom. The molecule has 1 aliphatic rings. The van der Waals surface area contributed by atoms with Crippen LogP contribution in [0.5, 0.6) is 5.75 Å². The minimum atomic E-state index is -0.350. The lowest BCUT2D eigenvalue weighted by atomic mass is 10.1. The molecule has 0 amide bonds. The van der Waals surface area contributed by atoms with Crippen LogP contribution in [0, 0.1) is 19.7 Å². The summed E-state index contributed by atoms with van der Waals surface area (Å²) in [5, 5.41) is 4.08. The monoisotopic (exact) mass is 479 g/mol. The first-order chi connectivity index (χ1) is 17.0. The van der Waals surface area contributed by atoms with Crippen molar-refractivity contribution < 1.29 is 18.4 Å². The van der Waals surface area contributed by atoms with Gasteiger partial charge < -0.3 is 18.6 Å². The summed E-state index contributed by atoms with van der Waals surface area (Å²) in [6.45, 7) is 8.88. The highest BCUT2D eigenvalue weighted by atomic mass is 19.1. The van der Waals surface area contributed by atoms with Crippen molar-refractivity contribution in [3.63, 3.8) is 0 Å². The number of aryl methyl sites for hydroxylation is 4. The van der Waals surface area contributed by atoms with E-state index in [1.165, 1.54) is 13.2 Å². The third-order valence-electron chi connectivity index (χ3n) is 6.58. The van der Waals surface area contributed by atoms with Gasteiger partial charge in [0.25, 0.3) is 0 Å². The van der Waals surface area contributed by atoms with E-state index in [4.69, 9.17) is 24.0 Å². The number of hydrogen-bond acceptors (Lipinski definition) is 7. The molecule has 0 unspecified atom stereocenters. The highest BCUT2D eigenvalue weighted by Crippen LogP contribution is 2.29. The average Bonchev–Trinajstić information content (AvgIpc) is 3.39. The summed E-state index contributed by atoms with van der Waals surface area (Å²) in [6.07, 6.45) is 3.20. The smallest absolute Gasteiger partial charge is 0.165 e. The van der Waals surface area contributed by atoms with E-state index < -0.39 is 0 Å². The number of ether oxygens (including phenoxy) is 2. The second-order valence-electron chi connectivity index (χ2n) is 8.87. The second-order valence-corrected chi connectivity index (χ2v) is 8.87. The largest absolute Gasteiger partial charge is 0.494 e. The number of rotatable bonds is 8. The highest BCUT2D eigenvalue weighted by Gasteiger charge is 2.18. The summed E-state index contributed by atoms with van der Waals surface area (Å²) in [5.41, 5.74) is 5.31. The molecule has 0 spiro atoms. The Hall–Kier alpha value is -3.30. The molecular formula is C26H30FN5O3. The molecule has 4 aromatic rings. The van der Waals surface area contributed by atoms with E-state index in [1.807, 2.05) is 26.1 Å². The molecule has 1 saturated heterocycles. The molecule has 1 aliphatic heterocycles. The Morgan fingerprint density at radius 2 is 1.91 bits per heavy atom. The zero-order chi connectivity index (χ0) is 24.4. The van der Waals surface area contributed by atoms with Crippen molar-refractivity contribution in [3.8, 4) is 16.9 Å². The molecule has 5 rings (SSSR count). The number of hydrogen-bond donors (Lipinski definition) is 0. The minimum Gasteiger partial charge on any atom is -0.494 e. The third kappa shape index (κ3) is 4.92. The summed E-state index contributed by atoms with van der Waals surface area (Å²) < 4.78 is 32.3. The zero-order valence-electron chi connectivity index (χ0n) is 20.4. The molecular weight excluding hydrogens is 449 g/mol. The summed E-state index contributed by atoms with van der Waals surface area (Å²) in [5.74, 6) is 1.60. The van der Waals surface area contributed by atoms with E-state index in [2.05, 4.69) is 20.7 Å².